The predicted molar refractivity (Wildman–Crippen MR) is 92.4 cm³/mol. The van der Waals surface area contributed by atoms with E-state index in [2.05, 4.69) is 23.1 Å². The maximum absolute atomic E-state index is 13.7. The second kappa shape index (κ2) is 5.33. The molecule has 0 radical (unpaired) electrons. The van der Waals surface area contributed by atoms with Crippen LogP contribution in [0.1, 0.15) is 24.0 Å². The van der Waals surface area contributed by atoms with E-state index in [4.69, 9.17) is 0 Å². The summed E-state index contributed by atoms with van der Waals surface area (Å²) in [4.78, 5) is 16.4. The van der Waals surface area contributed by atoms with E-state index in [1.807, 2.05) is 31.1 Å². The van der Waals surface area contributed by atoms with E-state index in [0.717, 1.165) is 18.4 Å². The summed E-state index contributed by atoms with van der Waals surface area (Å²) in [5.74, 6) is -0.0325. The number of nitrogens with zero attached hydrogens (tertiary/aromatic N) is 2. The molecular formula is C20H21FN2O. The molecule has 0 spiro atoms. The number of likely N-dealkylation sites (tertiary alicyclic amines) is 1. The molecule has 0 N–H and O–H groups in total. The van der Waals surface area contributed by atoms with Crippen molar-refractivity contribution in [2.24, 2.45) is 0 Å². The Kier molecular flexibility index (Phi) is 3.37. The Morgan fingerprint density at radius 1 is 1.12 bits per heavy atom. The molecule has 0 saturated carbocycles. The number of amides is 1. The summed E-state index contributed by atoms with van der Waals surface area (Å²) in [6.07, 6.45) is 2.02. The van der Waals surface area contributed by atoms with Crippen LogP contribution in [0.25, 0.3) is 0 Å². The number of rotatable bonds is 2. The highest BCUT2D eigenvalue weighted by Crippen LogP contribution is 2.52. The van der Waals surface area contributed by atoms with Gasteiger partial charge in [-0.15, -0.1) is 0 Å². The third kappa shape index (κ3) is 2.05. The molecule has 1 saturated heterocycles. The predicted octanol–water partition coefficient (Wildman–Crippen LogP) is 3.33. The molecule has 1 fully saturated rings. The Morgan fingerprint density at radius 2 is 1.92 bits per heavy atom. The molecule has 3 nitrogen and oxygen atoms in total. The number of halogens is 1. The first kappa shape index (κ1) is 15.2. The molecule has 1 amide bonds. The fraction of sp³-hybridized carbons (Fsp3) is 0.350. The number of fused-ring (bicyclic) bond motifs is 3. The standard InChI is InChI=1S/C20H21FN2O/c1-22-17-9-4-3-8-16(17)20(11-10-18(24)23(2)19(20)22)13-14-6-5-7-15(21)12-14/h3-9,12,19H,10-11,13H2,1-2H3/t19-,20+/m0/s1. The first-order valence-electron chi connectivity index (χ1n) is 8.35. The molecule has 0 aromatic heterocycles. The van der Waals surface area contributed by atoms with E-state index in [0.29, 0.717) is 6.42 Å². The van der Waals surface area contributed by atoms with Gasteiger partial charge in [0.1, 0.15) is 12.0 Å². The second-order valence-electron chi connectivity index (χ2n) is 6.97. The molecule has 24 heavy (non-hydrogen) atoms. The molecular weight excluding hydrogens is 303 g/mol. The Bertz CT molecular complexity index is 806. The number of hydrogen-bond donors (Lipinski definition) is 0. The summed E-state index contributed by atoms with van der Waals surface area (Å²) in [7, 11) is 3.93. The minimum Gasteiger partial charge on any atom is -0.353 e. The highest BCUT2D eigenvalue weighted by Gasteiger charge is 2.54. The van der Waals surface area contributed by atoms with Gasteiger partial charge in [-0.3, -0.25) is 4.79 Å². The molecule has 2 aliphatic heterocycles. The van der Waals surface area contributed by atoms with Gasteiger partial charge in [0.05, 0.1) is 0 Å². The van der Waals surface area contributed by atoms with Crippen LogP contribution in [0.2, 0.25) is 0 Å². The first-order valence-corrected chi connectivity index (χ1v) is 8.35. The van der Waals surface area contributed by atoms with E-state index in [1.165, 1.54) is 17.3 Å². The van der Waals surface area contributed by atoms with Gasteiger partial charge in [0, 0.05) is 31.6 Å². The highest BCUT2D eigenvalue weighted by molar-refractivity contribution is 5.80. The third-order valence-electron chi connectivity index (χ3n) is 5.64. The van der Waals surface area contributed by atoms with E-state index < -0.39 is 0 Å². The van der Waals surface area contributed by atoms with Gasteiger partial charge in [-0.2, -0.15) is 0 Å². The number of hydrogen-bond acceptors (Lipinski definition) is 2. The molecule has 4 heteroatoms. The van der Waals surface area contributed by atoms with Gasteiger partial charge in [-0.1, -0.05) is 30.3 Å². The van der Waals surface area contributed by atoms with Crippen molar-refractivity contribution in [2.75, 3.05) is 19.0 Å². The number of benzene rings is 2. The van der Waals surface area contributed by atoms with Crippen molar-refractivity contribution in [1.29, 1.82) is 0 Å². The van der Waals surface area contributed by atoms with E-state index in [1.54, 1.807) is 12.1 Å². The zero-order valence-corrected chi connectivity index (χ0v) is 14.0. The Hall–Kier alpha value is -2.36. The van der Waals surface area contributed by atoms with Gasteiger partial charge < -0.3 is 9.80 Å². The minimum absolute atomic E-state index is 0.0283. The van der Waals surface area contributed by atoms with Crippen molar-refractivity contribution in [3.05, 3.63) is 65.5 Å². The largest absolute Gasteiger partial charge is 0.353 e. The van der Waals surface area contributed by atoms with Crippen LogP contribution in [0.4, 0.5) is 10.1 Å². The molecule has 0 bridgehead atoms. The van der Waals surface area contributed by atoms with Gasteiger partial charge >= 0.3 is 0 Å². The fourth-order valence-electron chi connectivity index (χ4n) is 4.67. The van der Waals surface area contributed by atoms with E-state index >= 15 is 0 Å². The average molecular weight is 324 g/mol. The lowest BCUT2D eigenvalue weighted by Gasteiger charge is -2.47. The lowest BCUT2D eigenvalue weighted by Crippen LogP contribution is -2.59. The topological polar surface area (TPSA) is 23.6 Å². The van der Waals surface area contributed by atoms with Crippen LogP contribution in [0.3, 0.4) is 0 Å². The van der Waals surface area contributed by atoms with Crippen LogP contribution in [-0.4, -0.2) is 31.1 Å². The molecule has 0 unspecified atom stereocenters. The molecule has 2 atom stereocenters. The summed E-state index contributed by atoms with van der Waals surface area (Å²) < 4.78 is 13.7. The summed E-state index contributed by atoms with van der Waals surface area (Å²) >= 11 is 0. The van der Waals surface area contributed by atoms with Crippen LogP contribution < -0.4 is 4.90 Å². The summed E-state index contributed by atoms with van der Waals surface area (Å²) in [5, 5.41) is 0. The number of piperidine rings is 1. The van der Waals surface area contributed by atoms with Crippen molar-refractivity contribution in [2.45, 2.75) is 30.8 Å². The van der Waals surface area contributed by atoms with Gasteiger partial charge in [0.2, 0.25) is 5.91 Å². The van der Waals surface area contributed by atoms with E-state index in [-0.39, 0.29) is 23.3 Å². The molecule has 2 aliphatic rings. The first-order chi connectivity index (χ1) is 11.5. The minimum atomic E-state index is -0.208. The Labute approximate surface area is 141 Å². The zero-order chi connectivity index (χ0) is 16.9. The smallest absolute Gasteiger partial charge is 0.224 e. The number of likely N-dealkylation sites (N-methyl/N-ethyl adjacent to an activating group) is 2. The fourth-order valence-corrected chi connectivity index (χ4v) is 4.67. The monoisotopic (exact) mass is 324 g/mol. The quantitative estimate of drug-likeness (QED) is 0.846. The van der Waals surface area contributed by atoms with Crippen molar-refractivity contribution in [3.8, 4) is 0 Å². The summed E-state index contributed by atoms with van der Waals surface area (Å²) in [6.45, 7) is 0. The highest BCUT2D eigenvalue weighted by atomic mass is 19.1. The number of para-hydroxylation sites is 1. The molecule has 4 rings (SSSR count). The van der Waals surface area contributed by atoms with Crippen LogP contribution in [0, 0.1) is 5.82 Å². The zero-order valence-electron chi connectivity index (χ0n) is 14.0. The lowest BCUT2D eigenvalue weighted by atomic mass is 9.69. The molecule has 2 aromatic carbocycles. The number of carbonyl (C=O) groups is 1. The SMILES string of the molecule is CN1C(=O)CC[C@@]2(Cc3cccc(F)c3)c3ccccc3N(C)[C@@H]12. The maximum Gasteiger partial charge on any atom is 0.224 e. The van der Waals surface area contributed by atoms with Gasteiger partial charge in [-0.05, 0) is 42.2 Å². The van der Waals surface area contributed by atoms with Gasteiger partial charge in [-0.25, -0.2) is 4.39 Å². The Morgan fingerprint density at radius 3 is 2.71 bits per heavy atom. The normalized spacial score (nSPS) is 25.6. The van der Waals surface area contributed by atoms with Crippen molar-refractivity contribution in [1.82, 2.24) is 4.90 Å². The second-order valence-corrected chi connectivity index (χ2v) is 6.97. The third-order valence-corrected chi connectivity index (χ3v) is 5.64. The maximum atomic E-state index is 13.7. The average Bonchev–Trinajstić information content (AvgIpc) is 2.82. The molecule has 2 aromatic rings. The molecule has 124 valence electrons. The van der Waals surface area contributed by atoms with Crippen LogP contribution in [0.5, 0.6) is 0 Å². The van der Waals surface area contributed by atoms with E-state index in [9.17, 15) is 9.18 Å². The number of carbonyl (C=O) groups excluding carboxylic acids is 1. The molecule has 0 aliphatic carbocycles. The van der Waals surface area contributed by atoms with Gasteiger partial charge in [0.15, 0.2) is 0 Å². The van der Waals surface area contributed by atoms with Crippen molar-refractivity contribution < 1.29 is 9.18 Å². The summed E-state index contributed by atoms with van der Waals surface area (Å²) in [5.41, 5.74) is 3.22. The van der Waals surface area contributed by atoms with Crippen molar-refractivity contribution in [3.63, 3.8) is 0 Å². The van der Waals surface area contributed by atoms with Crippen LogP contribution in [0.15, 0.2) is 48.5 Å². The Balaban J connectivity index is 1.86. The molecule has 2 heterocycles. The number of anilines is 1. The van der Waals surface area contributed by atoms with Gasteiger partial charge in [0.25, 0.3) is 0 Å². The van der Waals surface area contributed by atoms with Crippen LogP contribution >= 0.6 is 0 Å². The summed E-state index contributed by atoms with van der Waals surface area (Å²) in [6, 6.07) is 15.2. The van der Waals surface area contributed by atoms with Crippen molar-refractivity contribution >= 4 is 11.6 Å². The van der Waals surface area contributed by atoms with Crippen LogP contribution in [-0.2, 0) is 16.6 Å². The lowest BCUT2D eigenvalue weighted by molar-refractivity contribution is -0.137.